The Balaban J connectivity index is 1.42. The largest absolute Gasteiger partial charge is 0.492 e. The first-order valence-corrected chi connectivity index (χ1v) is 8.34. The van der Waals surface area contributed by atoms with E-state index in [9.17, 15) is 18.0 Å². The van der Waals surface area contributed by atoms with Gasteiger partial charge in [-0.25, -0.2) is 0 Å². The number of fused-ring (bicyclic) bond motifs is 1. The molecular formula is C19H19F3N2O2. The maximum absolute atomic E-state index is 12.5. The molecule has 0 fully saturated rings. The SMILES string of the molecule is O=C1CCc2ccc(OCCNCc3ccc(C(F)(F)F)cc3)cc2N1. The van der Waals surface area contributed by atoms with E-state index in [0.717, 1.165) is 35.4 Å². The second kappa shape index (κ2) is 7.78. The third-order valence-corrected chi connectivity index (χ3v) is 4.13. The van der Waals surface area contributed by atoms with Gasteiger partial charge >= 0.3 is 6.18 Å². The van der Waals surface area contributed by atoms with Crippen LogP contribution in [0.3, 0.4) is 0 Å². The summed E-state index contributed by atoms with van der Waals surface area (Å²) in [7, 11) is 0. The molecule has 0 radical (unpaired) electrons. The molecular weight excluding hydrogens is 345 g/mol. The van der Waals surface area contributed by atoms with Crippen molar-refractivity contribution in [2.24, 2.45) is 0 Å². The van der Waals surface area contributed by atoms with Crippen molar-refractivity contribution in [3.05, 3.63) is 59.2 Å². The highest BCUT2D eigenvalue weighted by Gasteiger charge is 2.29. The van der Waals surface area contributed by atoms with Crippen LogP contribution >= 0.6 is 0 Å². The van der Waals surface area contributed by atoms with E-state index in [4.69, 9.17) is 4.74 Å². The first kappa shape index (κ1) is 18.3. The minimum Gasteiger partial charge on any atom is -0.492 e. The van der Waals surface area contributed by atoms with E-state index in [1.807, 2.05) is 18.2 Å². The zero-order valence-electron chi connectivity index (χ0n) is 14.0. The minimum absolute atomic E-state index is 0.00728. The molecule has 0 spiro atoms. The Kier molecular flexibility index (Phi) is 5.46. The molecule has 0 aliphatic carbocycles. The molecule has 1 amide bonds. The van der Waals surface area contributed by atoms with E-state index >= 15 is 0 Å². The Morgan fingerprint density at radius 2 is 1.85 bits per heavy atom. The smallest absolute Gasteiger partial charge is 0.416 e. The molecule has 0 bridgehead atoms. The summed E-state index contributed by atoms with van der Waals surface area (Å²) in [4.78, 5) is 11.4. The quantitative estimate of drug-likeness (QED) is 0.768. The zero-order chi connectivity index (χ0) is 18.6. The predicted molar refractivity (Wildman–Crippen MR) is 92.0 cm³/mol. The Morgan fingerprint density at radius 1 is 1.08 bits per heavy atom. The number of hydrogen-bond donors (Lipinski definition) is 2. The van der Waals surface area contributed by atoms with E-state index in [1.165, 1.54) is 12.1 Å². The number of ether oxygens (including phenoxy) is 1. The van der Waals surface area contributed by atoms with E-state index < -0.39 is 11.7 Å². The molecule has 2 aromatic rings. The number of nitrogens with one attached hydrogen (secondary N) is 2. The summed E-state index contributed by atoms with van der Waals surface area (Å²) >= 11 is 0. The van der Waals surface area contributed by atoms with Gasteiger partial charge in [-0.05, 0) is 35.7 Å². The van der Waals surface area contributed by atoms with Gasteiger partial charge in [-0.1, -0.05) is 18.2 Å². The fraction of sp³-hybridized carbons (Fsp3) is 0.316. The van der Waals surface area contributed by atoms with Crippen molar-refractivity contribution in [2.45, 2.75) is 25.6 Å². The van der Waals surface area contributed by atoms with Gasteiger partial charge in [0, 0.05) is 31.3 Å². The van der Waals surface area contributed by atoms with E-state index in [0.29, 0.717) is 31.9 Å². The van der Waals surface area contributed by atoms with Crippen molar-refractivity contribution in [1.82, 2.24) is 5.32 Å². The van der Waals surface area contributed by atoms with Crippen molar-refractivity contribution >= 4 is 11.6 Å². The van der Waals surface area contributed by atoms with Crippen LogP contribution in [0.15, 0.2) is 42.5 Å². The molecule has 7 heteroatoms. The third-order valence-electron chi connectivity index (χ3n) is 4.13. The Hall–Kier alpha value is -2.54. The summed E-state index contributed by atoms with van der Waals surface area (Å²) in [6.45, 7) is 1.42. The average molecular weight is 364 g/mol. The number of anilines is 1. The summed E-state index contributed by atoms with van der Waals surface area (Å²) in [5, 5.41) is 5.95. The Labute approximate surface area is 149 Å². The molecule has 26 heavy (non-hydrogen) atoms. The van der Waals surface area contributed by atoms with Crippen LogP contribution in [0.5, 0.6) is 5.75 Å². The van der Waals surface area contributed by atoms with Gasteiger partial charge in [0.1, 0.15) is 12.4 Å². The second-order valence-corrected chi connectivity index (χ2v) is 6.09. The lowest BCUT2D eigenvalue weighted by atomic mass is 10.0. The summed E-state index contributed by atoms with van der Waals surface area (Å²) in [5.41, 5.74) is 2.01. The monoisotopic (exact) mass is 364 g/mol. The normalized spacial score (nSPS) is 13.9. The molecule has 2 aromatic carbocycles. The molecule has 1 aliphatic heterocycles. The van der Waals surface area contributed by atoms with Crippen LogP contribution in [-0.4, -0.2) is 19.1 Å². The first-order valence-electron chi connectivity index (χ1n) is 8.34. The molecule has 1 aliphatic rings. The highest BCUT2D eigenvalue weighted by Crippen LogP contribution is 2.29. The van der Waals surface area contributed by atoms with Crippen LogP contribution in [-0.2, 0) is 23.9 Å². The molecule has 138 valence electrons. The van der Waals surface area contributed by atoms with Gasteiger partial charge in [0.2, 0.25) is 5.91 Å². The fourth-order valence-electron chi connectivity index (χ4n) is 2.73. The average Bonchev–Trinajstić information content (AvgIpc) is 2.60. The van der Waals surface area contributed by atoms with Gasteiger partial charge in [0.25, 0.3) is 0 Å². The molecule has 0 saturated carbocycles. The maximum atomic E-state index is 12.5. The van der Waals surface area contributed by atoms with Gasteiger partial charge in [0.05, 0.1) is 5.56 Å². The van der Waals surface area contributed by atoms with E-state index in [2.05, 4.69) is 10.6 Å². The van der Waals surface area contributed by atoms with Crippen molar-refractivity contribution in [1.29, 1.82) is 0 Å². The number of alkyl halides is 3. The van der Waals surface area contributed by atoms with Crippen LogP contribution < -0.4 is 15.4 Å². The molecule has 0 atom stereocenters. The lowest BCUT2D eigenvalue weighted by Crippen LogP contribution is -2.21. The zero-order valence-corrected chi connectivity index (χ0v) is 14.0. The molecule has 4 nitrogen and oxygen atoms in total. The molecule has 1 heterocycles. The maximum Gasteiger partial charge on any atom is 0.416 e. The second-order valence-electron chi connectivity index (χ2n) is 6.09. The van der Waals surface area contributed by atoms with Gasteiger partial charge in [-0.3, -0.25) is 4.79 Å². The van der Waals surface area contributed by atoms with Crippen molar-refractivity contribution in [3.8, 4) is 5.75 Å². The number of rotatable bonds is 6. The highest BCUT2D eigenvalue weighted by atomic mass is 19.4. The highest BCUT2D eigenvalue weighted by molar-refractivity contribution is 5.94. The Bertz CT molecular complexity index is 773. The number of benzene rings is 2. The first-order chi connectivity index (χ1) is 12.4. The van der Waals surface area contributed by atoms with Crippen molar-refractivity contribution < 1.29 is 22.7 Å². The lowest BCUT2D eigenvalue weighted by molar-refractivity contribution is -0.137. The summed E-state index contributed by atoms with van der Waals surface area (Å²) in [6.07, 6.45) is -3.08. The van der Waals surface area contributed by atoms with Crippen LogP contribution in [0.2, 0.25) is 0 Å². The summed E-state index contributed by atoms with van der Waals surface area (Å²) in [6, 6.07) is 10.7. The Morgan fingerprint density at radius 3 is 2.58 bits per heavy atom. The minimum atomic E-state index is -4.31. The van der Waals surface area contributed by atoms with E-state index in [-0.39, 0.29) is 5.91 Å². The van der Waals surface area contributed by atoms with Gasteiger partial charge in [0.15, 0.2) is 0 Å². The summed E-state index contributed by atoms with van der Waals surface area (Å²) < 4.78 is 43.2. The number of amides is 1. The number of hydrogen-bond acceptors (Lipinski definition) is 3. The number of aryl methyl sites for hydroxylation is 1. The molecule has 3 rings (SSSR count). The topological polar surface area (TPSA) is 50.4 Å². The van der Waals surface area contributed by atoms with Crippen molar-refractivity contribution in [2.75, 3.05) is 18.5 Å². The standard InChI is InChI=1S/C19H19F3N2O2/c20-19(21,22)15-5-1-13(2-6-15)12-23-9-10-26-16-7-3-14-4-8-18(25)24-17(14)11-16/h1-3,5-7,11,23H,4,8-10,12H2,(H,24,25). The van der Waals surface area contributed by atoms with Crippen LogP contribution in [0.25, 0.3) is 0 Å². The lowest BCUT2D eigenvalue weighted by Gasteiger charge is -2.17. The molecule has 0 aromatic heterocycles. The molecule has 0 saturated heterocycles. The van der Waals surface area contributed by atoms with Crippen LogP contribution in [0.1, 0.15) is 23.1 Å². The van der Waals surface area contributed by atoms with Crippen molar-refractivity contribution in [3.63, 3.8) is 0 Å². The number of carbonyl (C=O) groups is 1. The third kappa shape index (κ3) is 4.76. The van der Waals surface area contributed by atoms with Gasteiger partial charge in [-0.15, -0.1) is 0 Å². The predicted octanol–water partition coefficient (Wildman–Crippen LogP) is 3.76. The summed E-state index contributed by atoms with van der Waals surface area (Å²) in [5.74, 6) is 0.676. The van der Waals surface area contributed by atoms with Gasteiger partial charge in [-0.2, -0.15) is 13.2 Å². The van der Waals surface area contributed by atoms with Gasteiger partial charge < -0.3 is 15.4 Å². The number of halogens is 3. The van der Waals surface area contributed by atoms with Crippen LogP contribution in [0, 0.1) is 0 Å². The molecule has 0 unspecified atom stereocenters. The molecule has 2 N–H and O–H groups in total. The number of carbonyl (C=O) groups excluding carboxylic acids is 1. The van der Waals surface area contributed by atoms with E-state index in [1.54, 1.807) is 0 Å². The fourth-order valence-corrected chi connectivity index (χ4v) is 2.73. The van der Waals surface area contributed by atoms with Crippen LogP contribution in [0.4, 0.5) is 18.9 Å².